The highest BCUT2D eigenvalue weighted by molar-refractivity contribution is 6.05. The molecule has 28 heavy (non-hydrogen) atoms. The molecule has 2 aromatic carbocycles. The number of anilines is 2. The molecule has 3 rings (SSSR count). The van der Waals surface area contributed by atoms with Crippen LogP contribution in [-0.4, -0.2) is 28.5 Å². The summed E-state index contributed by atoms with van der Waals surface area (Å²) in [6.07, 6.45) is 1.47. The summed E-state index contributed by atoms with van der Waals surface area (Å²) in [6.45, 7) is 7.49. The highest BCUT2D eigenvalue weighted by Gasteiger charge is 2.20. The van der Waals surface area contributed by atoms with Crippen LogP contribution in [0.2, 0.25) is 0 Å². The molecule has 0 aliphatic heterocycles. The van der Waals surface area contributed by atoms with Crippen molar-refractivity contribution in [1.29, 1.82) is 0 Å². The second kappa shape index (κ2) is 9.13. The normalized spacial score (nSPS) is 10.7. The third-order valence-electron chi connectivity index (χ3n) is 4.61. The average Bonchev–Trinajstić information content (AvgIpc) is 2.74. The van der Waals surface area contributed by atoms with Crippen LogP contribution in [0.1, 0.15) is 36.8 Å². The first kappa shape index (κ1) is 19.5. The van der Waals surface area contributed by atoms with E-state index in [1.165, 1.54) is 11.9 Å². The zero-order chi connectivity index (χ0) is 19.9. The molecule has 0 unspecified atom stereocenters. The van der Waals surface area contributed by atoms with Crippen molar-refractivity contribution in [3.05, 3.63) is 84.3 Å². The molecule has 1 aromatic heterocycles. The maximum Gasteiger partial charge on any atom is 0.277 e. The molecule has 0 fully saturated rings. The molecule has 0 aliphatic carbocycles. The number of carbonyl (C=O) groups excluding carboxylic acids is 1. The van der Waals surface area contributed by atoms with Crippen molar-refractivity contribution in [2.45, 2.75) is 33.4 Å². The van der Waals surface area contributed by atoms with E-state index in [0.717, 1.165) is 18.1 Å². The van der Waals surface area contributed by atoms with E-state index in [9.17, 15) is 4.79 Å². The van der Waals surface area contributed by atoms with Crippen LogP contribution in [-0.2, 0) is 6.54 Å². The molecule has 0 aliphatic rings. The van der Waals surface area contributed by atoms with Gasteiger partial charge in [0.25, 0.3) is 5.91 Å². The molecule has 0 saturated carbocycles. The van der Waals surface area contributed by atoms with Crippen LogP contribution in [0, 0.1) is 0 Å². The Morgan fingerprint density at radius 2 is 1.61 bits per heavy atom. The van der Waals surface area contributed by atoms with Crippen molar-refractivity contribution >= 4 is 17.4 Å². The smallest absolute Gasteiger partial charge is 0.277 e. The summed E-state index contributed by atoms with van der Waals surface area (Å²) >= 11 is 0. The summed E-state index contributed by atoms with van der Waals surface area (Å²) in [5.41, 5.74) is 2.46. The predicted octanol–water partition coefficient (Wildman–Crippen LogP) is 4.56. The minimum Gasteiger partial charge on any atom is -0.350 e. The van der Waals surface area contributed by atoms with E-state index in [4.69, 9.17) is 0 Å². The van der Waals surface area contributed by atoms with Crippen molar-refractivity contribution in [2.75, 3.05) is 16.3 Å². The molecule has 1 amide bonds. The second-order valence-electron chi connectivity index (χ2n) is 6.85. The molecule has 0 N–H and O–H groups in total. The van der Waals surface area contributed by atoms with Gasteiger partial charge in [-0.05, 0) is 38.5 Å². The number of hydrogen-bond donors (Lipinski definition) is 0. The molecule has 5 nitrogen and oxygen atoms in total. The summed E-state index contributed by atoms with van der Waals surface area (Å²) in [6, 6.07) is 21.9. The van der Waals surface area contributed by atoms with Gasteiger partial charge < -0.3 is 9.80 Å². The van der Waals surface area contributed by atoms with Gasteiger partial charge in [0, 0.05) is 30.9 Å². The summed E-state index contributed by atoms with van der Waals surface area (Å²) < 4.78 is 0. The Hall–Kier alpha value is -3.21. The Morgan fingerprint density at radius 3 is 2.21 bits per heavy atom. The monoisotopic (exact) mass is 374 g/mol. The zero-order valence-electron chi connectivity index (χ0n) is 16.6. The molecule has 0 atom stereocenters. The molecule has 5 heteroatoms. The number of hydrogen-bond acceptors (Lipinski definition) is 4. The summed E-state index contributed by atoms with van der Waals surface area (Å²) in [5.74, 6) is 0.627. The fraction of sp³-hybridized carbons (Fsp3) is 0.261. The number of benzene rings is 2. The molecule has 144 valence electrons. The van der Waals surface area contributed by atoms with Gasteiger partial charge in [-0.1, -0.05) is 48.5 Å². The van der Waals surface area contributed by atoms with E-state index in [2.05, 4.69) is 40.8 Å². The van der Waals surface area contributed by atoms with E-state index in [0.29, 0.717) is 12.2 Å². The van der Waals surface area contributed by atoms with Gasteiger partial charge in [0.15, 0.2) is 0 Å². The van der Waals surface area contributed by atoms with Gasteiger partial charge in [0.1, 0.15) is 17.8 Å². The van der Waals surface area contributed by atoms with Crippen molar-refractivity contribution in [3.8, 4) is 0 Å². The standard InChI is InChI=1S/C23H26N4O/c1-4-26(20-13-9-6-10-14-20)23(28)21-15-22(25-17-24-21)27(18(2)3)16-19-11-7-5-8-12-19/h5-15,17-18H,4,16H2,1-3H3. The van der Waals surface area contributed by atoms with E-state index < -0.39 is 0 Å². The fourth-order valence-electron chi connectivity index (χ4n) is 3.12. The third-order valence-corrected chi connectivity index (χ3v) is 4.61. The van der Waals surface area contributed by atoms with Crippen LogP contribution in [0.15, 0.2) is 73.1 Å². The number of para-hydroxylation sites is 1. The Labute approximate surface area is 166 Å². The van der Waals surface area contributed by atoms with Crippen LogP contribution in [0.4, 0.5) is 11.5 Å². The lowest BCUT2D eigenvalue weighted by Gasteiger charge is -2.28. The van der Waals surface area contributed by atoms with Crippen molar-refractivity contribution in [3.63, 3.8) is 0 Å². The molecule has 0 spiro atoms. The van der Waals surface area contributed by atoms with Gasteiger partial charge in [0.2, 0.25) is 0 Å². The number of aromatic nitrogens is 2. The topological polar surface area (TPSA) is 49.3 Å². The lowest BCUT2D eigenvalue weighted by Crippen LogP contribution is -2.33. The van der Waals surface area contributed by atoms with Crippen LogP contribution >= 0.6 is 0 Å². The van der Waals surface area contributed by atoms with Crippen LogP contribution in [0.5, 0.6) is 0 Å². The first-order valence-corrected chi connectivity index (χ1v) is 9.59. The first-order chi connectivity index (χ1) is 13.6. The molecule has 3 aromatic rings. The number of nitrogens with zero attached hydrogens (tertiary/aromatic N) is 4. The molecular formula is C23H26N4O. The minimum absolute atomic E-state index is 0.124. The molecular weight excluding hydrogens is 348 g/mol. The van der Waals surface area contributed by atoms with Crippen molar-refractivity contribution in [1.82, 2.24) is 9.97 Å². The molecule has 0 radical (unpaired) electrons. The number of amides is 1. The lowest BCUT2D eigenvalue weighted by molar-refractivity contribution is 0.0983. The minimum atomic E-state index is -0.124. The summed E-state index contributed by atoms with van der Waals surface area (Å²) in [4.78, 5) is 25.7. The van der Waals surface area contributed by atoms with E-state index in [1.807, 2.05) is 55.5 Å². The number of carbonyl (C=O) groups is 1. The summed E-state index contributed by atoms with van der Waals surface area (Å²) in [5, 5.41) is 0. The maximum absolute atomic E-state index is 13.1. The highest BCUT2D eigenvalue weighted by atomic mass is 16.2. The largest absolute Gasteiger partial charge is 0.350 e. The van der Waals surface area contributed by atoms with E-state index >= 15 is 0 Å². The van der Waals surface area contributed by atoms with Crippen LogP contribution < -0.4 is 9.80 Å². The fourth-order valence-corrected chi connectivity index (χ4v) is 3.12. The van der Waals surface area contributed by atoms with Gasteiger partial charge in [-0.15, -0.1) is 0 Å². The SMILES string of the molecule is CCN(C(=O)c1cc(N(Cc2ccccc2)C(C)C)ncn1)c1ccccc1. The zero-order valence-corrected chi connectivity index (χ0v) is 16.6. The number of rotatable bonds is 7. The van der Waals surface area contributed by atoms with Crippen molar-refractivity contribution in [2.24, 2.45) is 0 Å². The Bertz CT molecular complexity index is 897. The third kappa shape index (κ3) is 4.55. The van der Waals surface area contributed by atoms with Gasteiger partial charge in [0.05, 0.1) is 0 Å². The highest BCUT2D eigenvalue weighted by Crippen LogP contribution is 2.21. The lowest BCUT2D eigenvalue weighted by atomic mass is 10.2. The molecule has 1 heterocycles. The van der Waals surface area contributed by atoms with E-state index in [1.54, 1.807) is 11.0 Å². The van der Waals surface area contributed by atoms with E-state index in [-0.39, 0.29) is 11.9 Å². The quantitative estimate of drug-likeness (QED) is 0.608. The van der Waals surface area contributed by atoms with Gasteiger partial charge in [-0.2, -0.15) is 0 Å². The van der Waals surface area contributed by atoms with Crippen molar-refractivity contribution < 1.29 is 4.79 Å². The Balaban J connectivity index is 1.88. The van der Waals surface area contributed by atoms with Gasteiger partial charge in [-0.3, -0.25) is 4.79 Å². The second-order valence-corrected chi connectivity index (χ2v) is 6.85. The maximum atomic E-state index is 13.1. The van der Waals surface area contributed by atoms with Crippen LogP contribution in [0.3, 0.4) is 0 Å². The van der Waals surface area contributed by atoms with Gasteiger partial charge in [-0.25, -0.2) is 9.97 Å². The first-order valence-electron chi connectivity index (χ1n) is 9.59. The Kier molecular flexibility index (Phi) is 6.37. The Morgan fingerprint density at radius 1 is 0.964 bits per heavy atom. The summed E-state index contributed by atoms with van der Waals surface area (Å²) in [7, 11) is 0. The van der Waals surface area contributed by atoms with Crippen LogP contribution in [0.25, 0.3) is 0 Å². The molecule has 0 bridgehead atoms. The average molecular weight is 374 g/mol. The van der Waals surface area contributed by atoms with Gasteiger partial charge >= 0.3 is 0 Å². The molecule has 0 saturated heterocycles. The predicted molar refractivity (Wildman–Crippen MR) is 114 cm³/mol.